The van der Waals surface area contributed by atoms with Crippen molar-refractivity contribution in [1.29, 1.82) is 0 Å². The Labute approximate surface area is 214 Å². The number of ether oxygens (including phenoxy) is 1. The molecule has 2 aromatic carbocycles. The average molecular weight is 512 g/mol. The molecule has 0 bridgehead atoms. The van der Waals surface area contributed by atoms with Crippen molar-refractivity contribution in [2.45, 2.75) is 26.2 Å². The van der Waals surface area contributed by atoms with Crippen LogP contribution in [0.15, 0.2) is 42.5 Å². The summed E-state index contributed by atoms with van der Waals surface area (Å²) in [6, 6.07) is 13.6. The van der Waals surface area contributed by atoms with Crippen molar-refractivity contribution in [2.24, 2.45) is 0 Å². The van der Waals surface area contributed by atoms with Crippen molar-refractivity contribution >= 4 is 39.7 Å². The Morgan fingerprint density at radius 3 is 2.74 bits per heavy atom. The summed E-state index contributed by atoms with van der Waals surface area (Å²) in [4.78, 5) is 20.8. The Balaban J connectivity index is 1.75. The summed E-state index contributed by atoms with van der Waals surface area (Å²) < 4.78 is 7.25. The number of carbonyl (C=O) groups excluding carboxylic acids is 1. The maximum absolute atomic E-state index is 12.6. The fraction of sp³-hybridized carbons (Fsp3) is 0.346. The monoisotopic (exact) mass is 511 g/mol. The topological polar surface area (TPSA) is 72.3 Å². The summed E-state index contributed by atoms with van der Waals surface area (Å²) in [5, 5.41) is 10.0. The van der Waals surface area contributed by atoms with E-state index in [2.05, 4.69) is 19.2 Å². The molecule has 4 rings (SSSR count). The van der Waals surface area contributed by atoms with Gasteiger partial charge < -0.3 is 15.0 Å². The van der Waals surface area contributed by atoms with Crippen molar-refractivity contribution in [3.63, 3.8) is 0 Å². The third-order valence-electron chi connectivity index (χ3n) is 5.62. The number of carbonyl (C=O) groups is 1. The number of aromatic nitrogens is 3. The molecule has 0 aliphatic rings. The van der Waals surface area contributed by atoms with E-state index in [4.69, 9.17) is 26.4 Å². The van der Waals surface area contributed by atoms with Crippen molar-refractivity contribution < 1.29 is 9.53 Å². The van der Waals surface area contributed by atoms with Gasteiger partial charge in [-0.05, 0) is 50.3 Å². The van der Waals surface area contributed by atoms with Crippen LogP contribution in [0.1, 0.15) is 30.3 Å². The zero-order valence-electron chi connectivity index (χ0n) is 20.6. The van der Waals surface area contributed by atoms with Gasteiger partial charge in [0, 0.05) is 33.9 Å². The maximum atomic E-state index is 12.6. The Morgan fingerprint density at radius 2 is 2.03 bits per heavy atom. The van der Waals surface area contributed by atoms with Gasteiger partial charge in [-0.2, -0.15) is 5.10 Å². The first-order valence-corrected chi connectivity index (χ1v) is 12.7. The van der Waals surface area contributed by atoms with Gasteiger partial charge in [-0.1, -0.05) is 48.9 Å². The number of nitrogens with zero attached hydrogens (tertiary/aromatic N) is 4. The molecule has 2 heterocycles. The molecule has 0 fully saturated rings. The van der Waals surface area contributed by atoms with Gasteiger partial charge in [-0.3, -0.25) is 4.79 Å². The first-order valence-electron chi connectivity index (χ1n) is 11.5. The van der Waals surface area contributed by atoms with Crippen molar-refractivity contribution in [3.8, 4) is 22.1 Å². The quantitative estimate of drug-likeness (QED) is 0.336. The number of hydrogen-bond donors (Lipinski definition) is 1. The lowest BCUT2D eigenvalue weighted by Crippen LogP contribution is -2.32. The predicted molar refractivity (Wildman–Crippen MR) is 143 cm³/mol. The smallest absolute Gasteiger partial charge is 0.226 e. The minimum Gasteiger partial charge on any atom is -0.497 e. The molecule has 1 amide bonds. The summed E-state index contributed by atoms with van der Waals surface area (Å²) in [7, 11) is 5.61. The lowest BCUT2D eigenvalue weighted by atomic mass is 10.1. The van der Waals surface area contributed by atoms with Gasteiger partial charge in [0.25, 0.3) is 0 Å². The van der Waals surface area contributed by atoms with Crippen molar-refractivity contribution in [1.82, 2.24) is 25.0 Å². The molecule has 184 valence electrons. The molecule has 0 atom stereocenters. The molecule has 4 aromatic rings. The number of fused-ring (bicyclic) bond motifs is 1. The normalized spacial score (nSPS) is 11.5. The highest BCUT2D eigenvalue weighted by atomic mass is 35.5. The molecular formula is C26H30ClN5O2S. The number of thiazole rings is 1. The first-order chi connectivity index (χ1) is 16.8. The molecule has 35 heavy (non-hydrogen) atoms. The molecule has 0 aliphatic carbocycles. The van der Waals surface area contributed by atoms with E-state index in [-0.39, 0.29) is 18.2 Å². The highest BCUT2D eigenvalue weighted by Gasteiger charge is 2.21. The largest absolute Gasteiger partial charge is 0.497 e. The van der Waals surface area contributed by atoms with Gasteiger partial charge in [0.2, 0.25) is 11.0 Å². The van der Waals surface area contributed by atoms with Crippen molar-refractivity contribution in [3.05, 3.63) is 58.1 Å². The third kappa shape index (κ3) is 5.66. The summed E-state index contributed by atoms with van der Waals surface area (Å²) in [5.74, 6) is 0.992. The molecule has 1 N–H and O–H groups in total. The van der Waals surface area contributed by atoms with Crippen molar-refractivity contribution in [2.75, 3.05) is 34.3 Å². The standard InChI is InChI=1S/C26H30ClN5O2S/c1-16(2)25-24(17-7-6-8-19(13-17)34-5)29-26(35-25)32-22-10-9-18(27)14-20(22)21(30-32)15-23(33)28-11-12-31(3)4/h6-10,13-14,16H,11-12,15H2,1-5H3,(H,28,33). The molecule has 0 unspecified atom stereocenters. The van der Waals surface area contributed by atoms with Gasteiger partial charge >= 0.3 is 0 Å². The van der Waals surface area contributed by atoms with E-state index in [9.17, 15) is 4.79 Å². The highest BCUT2D eigenvalue weighted by molar-refractivity contribution is 7.14. The van der Waals surface area contributed by atoms with Gasteiger partial charge in [0.1, 0.15) is 5.75 Å². The second kappa shape index (κ2) is 10.8. The Morgan fingerprint density at radius 1 is 1.23 bits per heavy atom. The molecule has 9 heteroatoms. The number of likely N-dealkylation sites (N-methyl/N-ethyl adjacent to an activating group) is 1. The van der Waals surface area contributed by atoms with Crippen LogP contribution in [-0.2, 0) is 11.2 Å². The number of hydrogen-bond acceptors (Lipinski definition) is 6. The summed E-state index contributed by atoms with van der Waals surface area (Å²) >= 11 is 7.92. The van der Waals surface area contributed by atoms with Crippen LogP contribution in [0.25, 0.3) is 27.3 Å². The van der Waals surface area contributed by atoms with E-state index >= 15 is 0 Å². The Bertz CT molecular complexity index is 1350. The highest BCUT2D eigenvalue weighted by Crippen LogP contribution is 2.37. The van der Waals surface area contributed by atoms with Gasteiger partial charge in [0.05, 0.1) is 30.4 Å². The second-order valence-corrected chi connectivity index (χ2v) is 10.4. The van der Waals surface area contributed by atoms with E-state index in [1.807, 2.05) is 66.1 Å². The van der Waals surface area contributed by atoms with Crippen LogP contribution in [0.5, 0.6) is 5.75 Å². The minimum atomic E-state index is -0.0718. The molecule has 0 saturated carbocycles. The van der Waals surface area contributed by atoms with Crippen LogP contribution >= 0.6 is 22.9 Å². The number of methoxy groups -OCH3 is 1. The number of nitrogens with one attached hydrogen (secondary N) is 1. The zero-order valence-corrected chi connectivity index (χ0v) is 22.2. The lowest BCUT2D eigenvalue weighted by Gasteiger charge is -2.09. The van der Waals surface area contributed by atoms with Crippen LogP contribution in [0.4, 0.5) is 0 Å². The Hall–Kier alpha value is -2.94. The van der Waals surface area contributed by atoms with Crippen LogP contribution < -0.4 is 10.1 Å². The molecule has 0 spiro atoms. The van der Waals surface area contributed by atoms with E-state index < -0.39 is 0 Å². The lowest BCUT2D eigenvalue weighted by molar-refractivity contribution is -0.120. The number of amides is 1. The SMILES string of the molecule is COc1cccc(-c2nc(-n3nc(CC(=O)NCCN(C)C)c4cc(Cl)ccc43)sc2C(C)C)c1. The zero-order chi connectivity index (χ0) is 25.1. The van der Waals surface area contributed by atoms with Crippen LogP contribution in [-0.4, -0.2) is 59.9 Å². The molecule has 2 aromatic heterocycles. The number of halogens is 1. The fourth-order valence-corrected chi connectivity index (χ4v) is 5.07. The molecule has 0 saturated heterocycles. The van der Waals surface area contributed by atoms with Crippen LogP contribution in [0, 0.1) is 0 Å². The predicted octanol–water partition coefficient (Wildman–Crippen LogP) is 5.15. The summed E-state index contributed by atoms with van der Waals surface area (Å²) in [5.41, 5.74) is 3.45. The summed E-state index contributed by atoms with van der Waals surface area (Å²) in [6.45, 7) is 5.67. The average Bonchev–Trinajstić information content (AvgIpc) is 3.41. The van der Waals surface area contributed by atoms with Crippen LogP contribution in [0.2, 0.25) is 5.02 Å². The van der Waals surface area contributed by atoms with Gasteiger partial charge in [-0.25, -0.2) is 9.67 Å². The minimum absolute atomic E-state index is 0.0718. The van der Waals surface area contributed by atoms with E-state index in [1.165, 1.54) is 0 Å². The number of rotatable bonds is 9. The number of benzene rings is 2. The van der Waals surface area contributed by atoms with Gasteiger partial charge in [0.15, 0.2) is 0 Å². The van der Waals surface area contributed by atoms with Gasteiger partial charge in [-0.15, -0.1) is 0 Å². The summed E-state index contributed by atoms with van der Waals surface area (Å²) in [6.07, 6.45) is 0.169. The molecular weight excluding hydrogens is 482 g/mol. The third-order valence-corrected chi connectivity index (χ3v) is 7.18. The molecule has 0 radical (unpaired) electrons. The van der Waals surface area contributed by atoms with E-state index in [0.717, 1.165) is 44.5 Å². The molecule has 0 aliphatic heterocycles. The van der Waals surface area contributed by atoms with E-state index in [0.29, 0.717) is 17.3 Å². The second-order valence-electron chi connectivity index (χ2n) is 8.95. The van der Waals surface area contributed by atoms with Crippen LogP contribution in [0.3, 0.4) is 0 Å². The maximum Gasteiger partial charge on any atom is 0.226 e. The Kier molecular flexibility index (Phi) is 7.74. The molecule has 7 nitrogen and oxygen atoms in total. The first kappa shape index (κ1) is 25.2. The fourth-order valence-electron chi connectivity index (χ4n) is 3.84. The van der Waals surface area contributed by atoms with E-state index in [1.54, 1.807) is 18.4 Å².